The summed E-state index contributed by atoms with van der Waals surface area (Å²) in [5.74, 6) is -0.302. The van der Waals surface area contributed by atoms with E-state index in [1.54, 1.807) is 23.3 Å². The molecule has 6 heteroatoms. The number of nitrogens with zero attached hydrogens (tertiary/aromatic N) is 2. The van der Waals surface area contributed by atoms with Crippen molar-refractivity contribution < 1.29 is 17.9 Å². The minimum Gasteiger partial charge on any atom is -0.406 e. The fraction of sp³-hybridized carbons (Fsp3) is 0.0714. The van der Waals surface area contributed by atoms with Crippen molar-refractivity contribution in [1.29, 1.82) is 5.26 Å². The van der Waals surface area contributed by atoms with E-state index in [0.717, 1.165) is 0 Å². The molecule has 20 heavy (non-hydrogen) atoms. The topological polar surface area (TPSA) is 36.3 Å². The Balaban J connectivity index is 2.22. The van der Waals surface area contributed by atoms with E-state index in [-0.39, 0.29) is 5.75 Å². The first kappa shape index (κ1) is 13.7. The van der Waals surface area contributed by atoms with Gasteiger partial charge in [0.25, 0.3) is 0 Å². The second-order valence-electron chi connectivity index (χ2n) is 3.93. The largest absolute Gasteiger partial charge is 0.573 e. The third-order valence-corrected chi connectivity index (χ3v) is 2.51. The Morgan fingerprint density at radius 3 is 2.35 bits per heavy atom. The lowest BCUT2D eigenvalue weighted by Crippen LogP contribution is -2.18. The van der Waals surface area contributed by atoms with Crippen LogP contribution in [0.1, 0.15) is 0 Å². The van der Waals surface area contributed by atoms with Gasteiger partial charge in [0, 0.05) is 17.6 Å². The summed E-state index contributed by atoms with van der Waals surface area (Å²) < 4.78 is 40.0. The Bertz CT molecular complexity index is 621. The first-order chi connectivity index (χ1) is 9.39. The van der Waals surface area contributed by atoms with Gasteiger partial charge < -0.3 is 9.64 Å². The van der Waals surface area contributed by atoms with Crippen LogP contribution in [0.25, 0.3) is 0 Å². The standard InChI is InChI=1S/C14H9F3N2O/c1-10-2-3-11(8-18)9-19(10)12-4-6-13(7-5-12)20-14(15,16)17/h2-7,9H,1H2. The van der Waals surface area contributed by atoms with Crippen LogP contribution in [0.2, 0.25) is 0 Å². The molecule has 1 heterocycles. The number of rotatable bonds is 2. The highest BCUT2D eigenvalue weighted by molar-refractivity contribution is 5.62. The van der Waals surface area contributed by atoms with E-state index >= 15 is 0 Å². The van der Waals surface area contributed by atoms with Gasteiger partial charge in [-0.1, -0.05) is 6.58 Å². The van der Waals surface area contributed by atoms with Gasteiger partial charge >= 0.3 is 6.36 Å². The van der Waals surface area contributed by atoms with E-state index < -0.39 is 6.36 Å². The molecule has 0 saturated carbocycles. The number of ether oxygens (including phenoxy) is 1. The van der Waals surface area contributed by atoms with Crippen LogP contribution >= 0.6 is 0 Å². The SMILES string of the molecule is C=C1C=CC(C#N)=CN1c1ccc(OC(F)(F)F)cc1. The summed E-state index contributed by atoms with van der Waals surface area (Å²) in [4.78, 5) is 1.61. The van der Waals surface area contributed by atoms with Crippen LogP contribution in [0.4, 0.5) is 18.9 Å². The van der Waals surface area contributed by atoms with E-state index in [2.05, 4.69) is 11.3 Å². The van der Waals surface area contributed by atoms with E-state index in [1.807, 2.05) is 6.07 Å². The number of allylic oxidation sites excluding steroid dienone is 3. The quantitative estimate of drug-likeness (QED) is 0.823. The van der Waals surface area contributed by atoms with Crippen LogP contribution in [0.5, 0.6) is 5.75 Å². The average molecular weight is 278 g/mol. The molecule has 1 aromatic carbocycles. The van der Waals surface area contributed by atoms with E-state index in [0.29, 0.717) is 17.0 Å². The van der Waals surface area contributed by atoms with Crippen molar-refractivity contribution in [3.05, 3.63) is 60.5 Å². The molecule has 0 saturated heterocycles. The van der Waals surface area contributed by atoms with Gasteiger partial charge in [-0.15, -0.1) is 13.2 Å². The summed E-state index contributed by atoms with van der Waals surface area (Å²) in [5, 5.41) is 8.84. The lowest BCUT2D eigenvalue weighted by molar-refractivity contribution is -0.274. The lowest BCUT2D eigenvalue weighted by Gasteiger charge is -2.24. The number of hydrogen-bond acceptors (Lipinski definition) is 3. The number of hydrogen-bond donors (Lipinski definition) is 0. The van der Waals surface area contributed by atoms with Crippen molar-refractivity contribution in [2.24, 2.45) is 0 Å². The third kappa shape index (κ3) is 3.20. The smallest absolute Gasteiger partial charge is 0.406 e. The van der Waals surface area contributed by atoms with Crippen LogP contribution in [-0.2, 0) is 0 Å². The highest BCUT2D eigenvalue weighted by atomic mass is 19.4. The molecule has 3 nitrogen and oxygen atoms in total. The van der Waals surface area contributed by atoms with Crippen LogP contribution < -0.4 is 9.64 Å². The molecular formula is C14H9F3N2O. The molecule has 0 aliphatic carbocycles. The maximum absolute atomic E-state index is 12.1. The van der Waals surface area contributed by atoms with E-state index in [4.69, 9.17) is 5.26 Å². The molecule has 0 N–H and O–H groups in total. The predicted octanol–water partition coefficient (Wildman–Crippen LogP) is 3.88. The monoisotopic (exact) mass is 278 g/mol. The minimum absolute atomic E-state index is 0.302. The molecule has 1 aromatic rings. The van der Waals surface area contributed by atoms with Gasteiger partial charge in [0.15, 0.2) is 0 Å². The maximum Gasteiger partial charge on any atom is 0.573 e. The molecule has 102 valence electrons. The Hall–Kier alpha value is -2.68. The summed E-state index contributed by atoms with van der Waals surface area (Å²) in [6.45, 7) is 3.80. The Kier molecular flexibility index (Phi) is 3.53. The Labute approximate surface area is 113 Å². The van der Waals surface area contributed by atoms with E-state index in [1.165, 1.54) is 24.3 Å². The maximum atomic E-state index is 12.1. The molecule has 0 amide bonds. The molecule has 1 aliphatic rings. The summed E-state index contributed by atoms with van der Waals surface area (Å²) in [5.41, 5.74) is 1.61. The molecule has 0 radical (unpaired) electrons. The predicted molar refractivity (Wildman–Crippen MR) is 67.6 cm³/mol. The molecule has 0 aromatic heterocycles. The van der Waals surface area contributed by atoms with E-state index in [9.17, 15) is 13.2 Å². The molecule has 2 rings (SSSR count). The highest BCUT2D eigenvalue weighted by Crippen LogP contribution is 2.28. The fourth-order valence-corrected chi connectivity index (χ4v) is 1.65. The van der Waals surface area contributed by atoms with Crippen molar-refractivity contribution in [1.82, 2.24) is 0 Å². The lowest BCUT2D eigenvalue weighted by atomic mass is 10.1. The number of benzene rings is 1. The van der Waals surface area contributed by atoms with Gasteiger partial charge in [0.05, 0.1) is 5.57 Å². The van der Waals surface area contributed by atoms with Crippen molar-refractivity contribution in [2.45, 2.75) is 6.36 Å². The third-order valence-electron chi connectivity index (χ3n) is 2.51. The highest BCUT2D eigenvalue weighted by Gasteiger charge is 2.31. The minimum atomic E-state index is -4.72. The molecule has 0 unspecified atom stereocenters. The molecule has 0 fully saturated rings. The average Bonchev–Trinajstić information content (AvgIpc) is 2.39. The van der Waals surface area contributed by atoms with Gasteiger partial charge in [-0.2, -0.15) is 5.26 Å². The summed E-state index contributed by atoms with van der Waals surface area (Å²) in [6.07, 6.45) is 0.105. The van der Waals surface area contributed by atoms with Crippen molar-refractivity contribution >= 4 is 5.69 Å². The zero-order chi connectivity index (χ0) is 14.8. The number of nitriles is 1. The first-order valence-corrected chi connectivity index (χ1v) is 5.53. The van der Waals surface area contributed by atoms with Crippen LogP contribution in [-0.4, -0.2) is 6.36 Å². The molecule has 1 aliphatic heterocycles. The molecular weight excluding hydrogens is 269 g/mol. The van der Waals surface area contributed by atoms with Gasteiger partial charge in [-0.3, -0.25) is 0 Å². The van der Waals surface area contributed by atoms with Crippen molar-refractivity contribution in [3.8, 4) is 11.8 Å². The van der Waals surface area contributed by atoms with Crippen LogP contribution in [0, 0.1) is 11.3 Å². The Morgan fingerprint density at radius 2 is 1.80 bits per heavy atom. The van der Waals surface area contributed by atoms with Crippen LogP contribution in [0.3, 0.4) is 0 Å². The second kappa shape index (κ2) is 5.13. The fourth-order valence-electron chi connectivity index (χ4n) is 1.65. The second-order valence-corrected chi connectivity index (χ2v) is 3.93. The summed E-state index contributed by atoms with van der Waals surface area (Å²) in [7, 11) is 0. The summed E-state index contributed by atoms with van der Waals surface area (Å²) in [6, 6.07) is 7.30. The molecule has 0 spiro atoms. The number of alkyl halides is 3. The van der Waals surface area contributed by atoms with Gasteiger partial charge in [0.1, 0.15) is 11.8 Å². The van der Waals surface area contributed by atoms with Gasteiger partial charge in [-0.05, 0) is 36.4 Å². The Morgan fingerprint density at radius 1 is 1.15 bits per heavy atom. The zero-order valence-electron chi connectivity index (χ0n) is 10.2. The molecule has 0 atom stereocenters. The molecule has 0 bridgehead atoms. The normalized spacial score (nSPS) is 14.8. The van der Waals surface area contributed by atoms with Gasteiger partial charge in [-0.25, -0.2) is 0 Å². The van der Waals surface area contributed by atoms with Crippen LogP contribution in [0.15, 0.2) is 60.5 Å². The number of halogens is 3. The first-order valence-electron chi connectivity index (χ1n) is 5.53. The van der Waals surface area contributed by atoms with Gasteiger partial charge in [0.2, 0.25) is 0 Å². The van der Waals surface area contributed by atoms with Crippen molar-refractivity contribution in [3.63, 3.8) is 0 Å². The number of anilines is 1. The van der Waals surface area contributed by atoms with Crippen molar-refractivity contribution in [2.75, 3.05) is 4.90 Å². The summed E-state index contributed by atoms with van der Waals surface area (Å²) >= 11 is 0. The zero-order valence-corrected chi connectivity index (χ0v) is 10.2.